The van der Waals surface area contributed by atoms with Crippen molar-refractivity contribution < 1.29 is 14.7 Å². The number of nitrogens with zero attached hydrogens (tertiary/aromatic N) is 2. The maximum Gasteiger partial charge on any atom is 0.317 e. The molecule has 8 heteroatoms. The lowest BCUT2D eigenvalue weighted by Crippen LogP contribution is -2.56. The van der Waals surface area contributed by atoms with Crippen LogP contribution in [0.3, 0.4) is 0 Å². The van der Waals surface area contributed by atoms with Gasteiger partial charge >= 0.3 is 12.0 Å². The van der Waals surface area contributed by atoms with Gasteiger partial charge in [0, 0.05) is 23.2 Å². The minimum atomic E-state index is -0.812. The summed E-state index contributed by atoms with van der Waals surface area (Å²) in [7, 11) is 0. The molecule has 1 fully saturated rings. The molecule has 1 aromatic heterocycles. The van der Waals surface area contributed by atoms with Crippen LogP contribution in [-0.2, 0) is 4.79 Å². The van der Waals surface area contributed by atoms with Gasteiger partial charge in [0.25, 0.3) is 0 Å². The molecule has 2 amide bonds. The van der Waals surface area contributed by atoms with Crippen molar-refractivity contribution in [3.05, 3.63) is 16.1 Å². The standard InChI is InChI=1S/C15H24N4O3S/c1-4-19(8-13(20)21)12-5-11(6-12)18-15(22)17-10(3)14-16-7-9(2)23-14/h7,10-12H,4-6,8H2,1-3H3,(H,20,21)(H2,17,18,22). The minimum Gasteiger partial charge on any atom is -0.480 e. The van der Waals surface area contributed by atoms with Crippen molar-refractivity contribution in [2.24, 2.45) is 0 Å². The van der Waals surface area contributed by atoms with Crippen LogP contribution in [-0.4, -0.2) is 52.2 Å². The summed E-state index contributed by atoms with van der Waals surface area (Å²) in [6.07, 6.45) is 3.38. The number of nitrogens with one attached hydrogen (secondary N) is 2. The van der Waals surface area contributed by atoms with E-state index >= 15 is 0 Å². The van der Waals surface area contributed by atoms with Gasteiger partial charge in [0.15, 0.2) is 0 Å². The second-order valence-electron chi connectivity index (χ2n) is 5.93. The number of carbonyl (C=O) groups is 2. The largest absolute Gasteiger partial charge is 0.480 e. The molecule has 3 N–H and O–H groups in total. The zero-order chi connectivity index (χ0) is 17.0. The minimum absolute atomic E-state index is 0.0561. The molecule has 2 rings (SSSR count). The Morgan fingerprint density at radius 3 is 2.74 bits per heavy atom. The quantitative estimate of drug-likeness (QED) is 0.703. The molecule has 7 nitrogen and oxygen atoms in total. The average Bonchev–Trinajstić information content (AvgIpc) is 2.86. The van der Waals surface area contributed by atoms with E-state index in [1.165, 1.54) is 0 Å². The first kappa shape index (κ1) is 17.7. The number of likely N-dealkylation sites (N-methyl/N-ethyl adjacent to an activating group) is 1. The topological polar surface area (TPSA) is 94.6 Å². The van der Waals surface area contributed by atoms with E-state index in [-0.39, 0.29) is 30.7 Å². The molecule has 0 aromatic carbocycles. The molecule has 23 heavy (non-hydrogen) atoms. The fourth-order valence-electron chi connectivity index (χ4n) is 2.73. The second-order valence-corrected chi connectivity index (χ2v) is 7.19. The number of hydrogen-bond acceptors (Lipinski definition) is 5. The Hall–Kier alpha value is -1.67. The number of aromatic nitrogens is 1. The summed E-state index contributed by atoms with van der Waals surface area (Å²) < 4.78 is 0. The normalized spacial score (nSPS) is 21.6. The summed E-state index contributed by atoms with van der Waals surface area (Å²) in [5.74, 6) is -0.812. The zero-order valence-corrected chi connectivity index (χ0v) is 14.5. The molecule has 0 saturated heterocycles. The summed E-state index contributed by atoms with van der Waals surface area (Å²) in [6.45, 7) is 6.61. The number of carboxylic acids is 1. The summed E-state index contributed by atoms with van der Waals surface area (Å²) in [6, 6.07) is 0.0207. The SMILES string of the molecule is CCN(CC(=O)O)C1CC(NC(=O)NC(C)c2ncc(C)s2)C1. The van der Waals surface area contributed by atoms with E-state index in [1.54, 1.807) is 17.5 Å². The Morgan fingerprint density at radius 1 is 1.52 bits per heavy atom. The highest BCUT2D eigenvalue weighted by atomic mass is 32.1. The second kappa shape index (κ2) is 7.74. The van der Waals surface area contributed by atoms with Crippen LogP contribution in [0.1, 0.15) is 42.6 Å². The molecular formula is C15H24N4O3S. The molecule has 1 unspecified atom stereocenters. The molecule has 1 aromatic rings. The number of aryl methyl sites for hydroxylation is 1. The first-order valence-corrected chi connectivity index (χ1v) is 8.65. The maximum absolute atomic E-state index is 12.0. The predicted molar refractivity (Wildman–Crippen MR) is 88.6 cm³/mol. The smallest absolute Gasteiger partial charge is 0.317 e. The summed E-state index contributed by atoms with van der Waals surface area (Å²) in [4.78, 5) is 30.1. The fourth-order valence-corrected chi connectivity index (χ4v) is 3.51. The molecule has 0 spiro atoms. The van der Waals surface area contributed by atoms with Gasteiger partial charge < -0.3 is 15.7 Å². The highest BCUT2D eigenvalue weighted by Gasteiger charge is 2.34. The Morgan fingerprint density at radius 2 is 2.22 bits per heavy atom. The van der Waals surface area contributed by atoms with Gasteiger partial charge in [0.05, 0.1) is 12.6 Å². The van der Waals surface area contributed by atoms with Gasteiger partial charge in [-0.1, -0.05) is 6.92 Å². The average molecular weight is 340 g/mol. The van der Waals surface area contributed by atoms with Crippen LogP contribution in [0.4, 0.5) is 4.79 Å². The van der Waals surface area contributed by atoms with Crippen molar-refractivity contribution in [3.8, 4) is 0 Å². The third kappa shape index (κ3) is 4.90. The van der Waals surface area contributed by atoms with Crippen molar-refractivity contribution >= 4 is 23.3 Å². The van der Waals surface area contributed by atoms with Gasteiger partial charge in [-0.05, 0) is 33.2 Å². The van der Waals surface area contributed by atoms with Crippen LogP contribution in [0.25, 0.3) is 0 Å². The van der Waals surface area contributed by atoms with Crippen molar-refractivity contribution in [3.63, 3.8) is 0 Å². The van der Waals surface area contributed by atoms with Crippen LogP contribution >= 0.6 is 11.3 Å². The van der Waals surface area contributed by atoms with Gasteiger partial charge in [-0.3, -0.25) is 9.69 Å². The number of thiazole rings is 1. The Bertz CT molecular complexity index is 557. The Balaban J connectivity index is 1.72. The fraction of sp³-hybridized carbons (Fsp3) is 0.667. The first-order chi connectivity index (χ1) is 10.9. The van der Waals surface area contributed by atoms with Crippen LogP contribution in [0, 0.1) is 6.92 Å². The van der Waals surface area contributed by atoms with E-state index in [4.69, 9.17) is 5.11 Å². The van der Waals surface area contributed by atoms with Crippen LogP contribution < -0.4 is 10.6 Å². The van der Waals surface area contributed by atoms with Crippen molar-refractivity contribution in [2.75, 3.05) is 13.1 Å². The molecule has 1 aliphatic carbocycles. The van der Waals surface area contributed by atoms with E-state index in [9.17, 15) is 9.59 Å². The van der Waals surface area contributed by atoms with Gasteiger partial charge in [0.2, 0.25) is 0 Å². The molecule has 0 aliphatic heterocycles. The molecule has 1 atom stereocenters. The van der Waals surface area contributed by atoms with Gasteiger partial charge in [-0.15, -0.1) is 11.3 Å². The number of carbonyl (C=O) groups excluding carboxylic acids is 1. The monoisotopic (exact) mass is 340 g/mol. The molecule has 0 radical (unpaired) electrons. The van der Waals surface area contributed by atoms with E-state index in [1.807, 2.05) is 25.7 Å². The first-order valence-electron chi connectivity index (χ1n) is 7.84. The van der Waals surface area contributed by atoms with Crippen LogP contribution in [0.5, 0.6) is 0 Å². The Labute approximate surface area is 140 Å². The van der Waals surface area contributed by atoms with Crippen molar-refractivity contribution in [1.82, 2.24) is 20.5 Å². The van der Waals surface area contributed by atoms with Crippen molar-refractivity contribution in [1.29, 1.82) is 0 Å². The third-order valence-electron chi connectivity index (χ3n) is 4.07. The number of aliphatic carboxylic acids is 1. The number of carboxylic acid groups (broad SMARTS) is 1. The molecule has 1 heterocycles. The molecule has 1 aliphatic rings. The van der Waals surface area contributed by atoms with Gasteiger partial charge in [0.1, 0.15) is 5.01 Å². The number of urea groups is 1. The number of hydrogen-bond donors (Lipinski definition) is 3. The molecule has 0 bridgehead atoms. The molecular weight excluding hydrogens is 316 g/mol. The number of amides is 2. The van der Waals surface area contributed by atoms with Crippen LogP contribution in [0.2, 0.25) is 0 Å². The summed E-state index contributed by atoms with van der Waals surface area (Å²) in [5, 5.41) is 15.6. The van der Waals surface area contributed by atoms with E-state index in [2.05, 4.69) is 15.6 Å². The van der Waals surface area contributed by atoms with E-state index in [0.717, 1.165) is 22.7 Å². The summed E-state index contributed by atoms with van der Waals surface area (Å²) in [5.41, 5.74) is 0. The molecule has 128 valence electrons. The highest BCUT2D eigenvalue weighted by molar-refractivity contribution is 7.11. The third-order valence-corrected chi connectivity index (χ3v) is 5.16. The van der Waals surface area contributed by atoms with E-state index < -0.39 is 5.97 Å². The lowest BCUT2D eigenvalue weighted by Gasteiger charge is -2.42. The lowest BCUT2D eigenvalue weighted by atomic mass is 9.85. The van der Waals surface area contributed by atoms with Crippen LogP contribution in [0.15, 0.2) is 6.20 Å². The maximum atomic E-state index is 12.0. The lowest BCUT2D eigenvalue weighted by molar-refractivity contribution is -0.139. The Kier molecular flexibility index (Phi) is 5.95. The number of rotatable bonds is 7. The highest BCUT2D eigenvalue weighted by Crippen LogP contribution is 2.25. The summed E-state index contributed by atoms with van der Waals surface area (Å²) >= 11 is 1.57. The van der Waals surface area contributed by atoms with Crippen molar-refractivity contribution in [2.45, 2.75) is 51.7 Å². The van der Waals surface area contributed by atoms with Gasteiger partial charge in [-0.25, -0.2) is 9.78 Å². The van der Waals surface area contributed by atoms with E-state index in [0.29, 0.717) is 6.54 Å². The zero-order valence-electron chi connectivity index (χ0n) is 13.7. The predicted octanol–water partition coefficient (Wildman–Crippen LogP) is 1.75. The molecule has 1 saturated carbocycles. The van der Waals surface area contributed by atoms with Gasteiger partial charge in [-0.2, -0.15) is 0 Å².